The molecule has 0 bridgehead atoms. The minimum atomic E-state index is -1.58. The molecule has 5 heteroatoms. The van der Waals surface area contributed by atoms with Crippen LogP contribution in [0.4, 0.5) is 4.79 Å². The van der Waals surface area contributed by atoms with Crippen LogP contribution in [0.25, 0.3) is 0 Å². The van der Waals surface area contributed by atoms with Crippen molar-refractivity contribution < 1.29 is 9.90 Å². The summed E-state index contributed by atoms with van der Waals surface area (Å²) in [6, 6.07) is 0. The Morgan fingerprint density at radius 1 is 1.67 bits per heavy atom. The second-order valence-electron chi connectivity index (χ2n) is 0.319. The van der Waals surface area contributed by atoms with Gasteiger partial charge >= 0.3 is 0 Å². The van der Waals surface area contributed by atoms with Crippen LogP contribution in [0, 0.1) is 0 Å². The van der Waals surface area contributed by atoms with Crippen molar-refractivity contribution >= 4 is 33.4 Å². The van der Waals surface area contributed by atoms with E-state index in [-0.39, 0.29) is 33.4 Å². The van der Waals surface area contributed by atoms with Crippen LogP contribution in [0.15, 0.2) is 0 Å². The van der Waals surface area contributed by atoms with Crippen molar-refractivity contribution in [3.05, 3.63) is 0 Å². The molecule has 6 N–H and O–H groups in total. The smallest absolute Gasteiger partial charge is 0.131 e. The SMILES string of the molecule is NC(=O)[O-].[NH4+].[Pb]. The zero-order valence-electron chi connectivity index (χ0n) is 3.39. The Labute approximate surface area is 55.5 Å². The summed E-state index contributed by atoms with van der Waals surface area (Å²) >= 11 is 0. The molecule has 0 aromatic rings. The van der Waals surface area contributed by atoms with Crippen molar-refractivity contribution in [3.63, 3.8) is 0 Å². The van der Waals surface area contributed by atoms with Gasteiger partial charge in [-0.15, -0.1) is 0 Å². The monoisotopic (exact) mass is 286 g/mol. The van der Waals surface area contributed by atoms with Crippen LogP contribution < -0.4 is 17.0 Å². The Kier molecular flexibility index (Phi) is 24.5. The summed E-state index contributed by atoms with van der Waals surface area (Å²) in [7, 11) is 0. The summed E-state index contributed by atoms with van der Waals surface area (Å²) in [5.74, 6) is 0. The molecule has 6 heavy (non-hydrogen) atoms. The average molecular weight is 285 g/mol. The molecule has 0 aliphatic heterocycles. The first-order valence-corrected chi connectivity index (χ1v) is 0.697. The molecular formula is CH6N2O2Pb. The molecule has 0 rings (SSSR count). The fraction of sp³-hybridized carbons (Fsp3) is 0. The third kappa shape index (κ3) is 1780. The predicted molar refractivity (Wildman–Crippen MR) is 21.3 cm³/mol. The fourth-order valence-corrected chi connectivity index (χ4v) is 0. The Balaban J connectivity index is -0.0000000450. The number of quaternary nitrogens is 1. The summed E-state index contributed by atoms with van der Waals surface area (Å²) in [4.78, 5) is 8.67. The van der Waals surface area contributed by atoms with E-state index in [0.717, 1.165) is 0 Å². The maximum absolute atomic E-state index is 8.67. The predicted octanol–water partition coefficient (Wildman–Crippen LogP) is -1.72. The molecule has 0 aliphatic carbocycles. The van der Waals surface area contributed by atoms with E-state index >= 15 is 0 Å². The Morgan fingerprint density at radius 3 is 1.67 bits per heavy atom. The number of carbonyl (C=O) groups is 1. The summed E-state index contributed by atoms with van der Waals surface area (Å²) in [5, 5.41) is 8.67. The Bertz CT molecular complexity index is 34.5. The van der Waals surface area contributed by atoms with Gasteiger partial charge in [-0.05, 0) is 0 Å². The van der Waals surface area contributed by atoms with E-state index < -0.39 is 6.09 Å². The van der Waals surface area contributed by atoms with Crippen LogP contribution in [0.5, 0.6) is 0 Å². The van der Waals surface area contributed by atoms with E-state index in [1.165, 1.54) is 0 Å². The molecule has 1 amide bonds. The standard InChI is InChI=1S/CH3NO2.H3N.Pb/c2-1(3)4;;/h2H2,(H,3,4);1H3;. The quantitative estimate of drug-likeness (QED) is 0.517. The minimum Gasteiger partial charge on any atom is -0.530 e. The number of nitrogens with two attached hydrogens (primary N) is 1. The van der Waals surface area contributed by atoms with E-state index in [1.54, 1.807) is 0 Å². The first-order chi connectivity index (χ1) is 1.73. The topological polar surface area (TPSA) is 103 Å². The Hall–Kier alpha value is 0.152. The molecule has 0 aliphatic rings. The van der Waals surface area contributed by atoms with E-state index in [4.69, 9.17) is 9.90 Å². The third-order valence-corrected chi connectivity index (χ3v) is 0. The van der Waals surface area contributed by atoms with Gasteiger partial charge in [-0.25, -0.2) is 0 Å². The van der Waals surface area contributed by atoms with Crippen molar-refractivity contribution in [1.29, 1.82) is 0 Å². The van der Waals surface area contributed by atoms with Gasteiger partial charge in [-0.2, -0.15) is 0 Å². The molecule has 4 nitrogen and oxygen atoms in total. The molecule has 0 aromatic heterocycles. The first kappa shape index (κ1) is 16.4. The molecule has 36 valence electrons. The van der Waals surface area contributed by atoms with Crippen molar-refractivity contribution in [2.45, 2.75) is 0 Å². The molecule has 0 unspecified atom stereocenters. The van der Waals surface area contributed by atoms with Crippen LogP contribution in [0.3, 0.4) is 0 Å². The first-order valence-electron chi connectivity index (χ1n) is 0.697. The number of carboxylic acid groups (broad SMARTS) is 1. The van der Waals surface area contributed by atoms with Crippen LogP contribution in [0.1, 0.15) is 0 Å². The van der Waals surface area contributed by atoms with Crippen LogP contribution in [-0.2, 0) is 0 Å². The van der Waals surface area contributed by atoms with E-state index in [9.17, 15) is 0 Å². The van der Waals surface area contributed by atoms with Gasteiger partial charge in [0, 0.05) is 27.3 Å². The molecule has 0 spiro atoms. The maximum atomic E-state index is 8.67. The normalized spacial score (nSPS) is 4.00. The molecule has 0 saturated heterocycles. The van der Waals surface area contributed by atoms with Crippen LogP contribution >= 0.6 is 0 Å². The number of carbonyl (C=O) groups excluding carboxylic acids is 1. The number of hydrogen-bond acceptors (Lipinski definition) is 2. The van der Waals surface area contributed by atoms with Gasteiger partial charge in [0.25, 0.3) is 0 Å². The van der Waals surface area contributed by atoms with Gasteiger partial charge in [0.1, 0.15) is 6.09 Å². The summed E-state index contributed by atoms with van der Waals surface area (Å²) < 4.78 is 0. The van der Waals surface area contributed by atoms with Crippen molar-refractivity contribution in [2.75, 3.05) is 0 Å². The molecule has 0 saturated carbocycles. The molecule has 0 fully saturated rings. The molecule has 0 atom stereocenters. The second kappa shape index (κ2) is 8.94. The van der Waals surface area contributed by atoms with Crippen molar-refractivity contribution in [2.24, 2.45) is 5.73 Å². The summed E-state index contributed by atoms with van der Waals surface area (Å²) in [6.07, 6.45) is -1.58. The molecular weight excluding hydrogens is 279 g/mol. The average Bonchev–Trinajstić information content (AvgIpc) is 0.811. The van der Waals surface area contributed by atoms with E-state index in [1.807, 2.05) is 0 Å². The number of primary amides is 1. The van der Waals surface area contributed by atoms with Gasteiger partial charge in [-0.1, -0.05) is 0 Å². The zero-order valence-corrected chi connectivity index (χ0v) is 7.28. The van der Waals surface area contributed by atoms with Gasteiger partial charge in [0.2, 0.25) is 0 Å². The van der Waals surface area contributed by atoms with Crippen LogP contribution in [0.2, 0.25) is 0 Å². The van der Waals surface area contributed by atoms with E-state index in [2.05, 4.69) is 5.73 Å². The summed E-state index contributed by atoms with van der Waals surface area (Å²) in [5.41, 5.74) is 3.92. The zero-order chi connectivity index (χ0) is 3.58. The number of rotatable bonds is 0. The molecule has 0 heterocycles. The number of amides is 1. The second-order valence-corrected chi connectivity index (χ2v) is 0.319. The summed E-state index contributed by atoms with van der Waals surface area (Å²) in [6.45, 7) is 0. The largest absolute Gasteiger partial charge is 0.530 e. The van der Waals surface area contributed by atoms with Crippen molar-refractivity contribution in [1.82, 2.24) is 6.15 Å². The van der Waals surface area contributed by atoms with Gasteiger partial charge in [0.15, 0.2) is 0 Å². The number of hydrogen-bond donors (Lipinski definition) is 2. The molecule has 4 radical (unpaired) electrons. The van der Waals surface area contributed by atoms with Crippen LogP contribution in [-0.4, -0.2) is 33.4 Å². The van der Waals surface area contributed by atoms with Gasteiger partial charge in [0.05, 0.1) is 0 Å². The van der Waals surface area contributed by atoms with Gasteiger partial charge in [-0.3, -0.25) is 0 Å². The van der Waals surface area contributed by atoms with Gasteiger partial charge < -0.3 is 21.8 Å². The third-order valence-electron chi connectivity index (χ3n) is 0. The fourth-order valence-electron chi connectivity index (χ4n) is 0. The molecule has 0 aromatic carbocycles. The van der Waals surface area contributed by atoms with Crippen molar-refractivity contribution in [3.8, 4) is 0 Å². The Morgan fingerprint density at radius 2 is 1.67 bits per heavy atom. The minimum absolute atomic E-state index is 0. The maximum Gasteiger partial charge on any atom is 0.131 e. The van der Waals surface area contributed by atoms with E-state index in [0.29, 0.717) is 0 Å².